The third-order valence-corrected chi connectivity index (χ3v) is 6.92. The molecule has 5 rings (SSSR count). The van der Waals surface area contributed by atoms with Crippen molar-refractivity contribution in [3.05, 3.63) is 48.9 Å². The van der Waals surface area contributed by atoms with Gasteiger partial charge in [0, 0.05) is 43.2 Å². The summed E-state index contributed by atoms with van der Waals surface area (Å²) in [5, 5.41) is 3.15. The van der Waals surface area contributed by atoms with Gasteiger partial charge in [-0.05, 0) is 43.3 Å². The van der Waals surface area contributed by atoms with E-state index in [1.54, 1.807) is 29.6 Å². The zero-order chi connectivity index (χ0) is 27.2. The van der Waals surface area contributed by atoms with Gasteiger partial charge < -0.3 is 24.6 Å². The zero-order valence-electron chi connectivity index (χ0n) is 22.3. The molecule has 1 aromatic carbocycles. The van der Waals surface area contributed by atoms with Crippen molar-refractivity contribution in [2.45, 2.75) is 26.7 Å². The summed E-state index contributed by atoms with van der Waals surface area (Å²) >= 11 is 0. The van der Waals surface area contributed by atoms with Crippen LogP contribution in [-0.4, -0.2) is 77.8 Å². The highest BCUT2D eigenvalue weighted by atomic mass is 16.6. The Hall–Kier alpha value is -4.25. The van der Waals surface area contributed by atoms with Crippen molar-refractivity contribution in [2.75, 3.05) is 61.1 Å². The number of ether oxygens (including phenoxy) is 2. The van der Waals surface area contributed by atoms with Crippen molar-refractivity contribution in [3.63, 3.8) is 0 Å². The molecule has 2 amide bonds. The molecule has 0 spiro atoms. The molecule has 11 nitrogen and oxygen atoms in total. The summed E-state index contributed by atoms with van der Waals surface area (Å²) in [6.07, 6.45) is 6.17. The molecule has 0 aliphatic carbocycles. The van der Waals surface area contributed by atoms with Crippen LogP contribution in [-0.2, 0) is 9.53 Å². The maximum atomic E-state index is 12.8. The summed E-state index contributed by atoms with van der Waals surface area (Å²) in [7, 11) is 0. The van der Waals surface area contributed by atoms with E-state index in [1.165, 1.54) is 0 Å². The van der Waals surface area contributed by atoms with E-state index in [0.717, 1.165) is 42.9 Å². The van der Waals surface area contributed by atoms with Crippen LogP contribution in [0, 0.1) is 0 Å². The molecule has 2 aliphatic rings. The number of aromatic nitrogens is 3. The maximum absolute atomic E-state index is 12.8. The lowest BCUT2D eigenvalue weighted by molar-refractivity contribution is -0.117. The summed E-state index contributed by atoms with van der Waals surface area (Å²) in [6.45, 7) is 8.46. The SMILES string of the molecule is CCN(CC)CCOC(=O)N1CCOc2ncc(Nc3ncc(-c4ccc(N5CCCC5=O)cc4)cn3)cc21. The Bertz CT molecular complexity index is 1300. The predicted octanol–water partition coefficient (Wildman–Crippen LogP) is 4.09. The lowest BCUT2D eigenvalue weighted by Gasteiger charge is -2.28. The predicted molar refractivity (Wildman–Crippen MR) is 149 cm³/mol. The van der Waals surface area contributed by atoms with Gasteiger partial charge in [-0.15, -0.1) is 0 Å². The fourth-order valence-electron chi connectivity index (χ4n) is 4.66. The van der Waals surface area contributed by atoms with Gasteiger partial charge in [-0.1, -0.05) is 26.0 Å². The molecule has 4 heterocycles. The number of likely N-dealkylation sites (N-methyl/N-ethyl adjacent to an activating group) is 1. The topological polar surface area (TPSA) is 113 Å². The second-order valence-corrected chi connectivity index (χ2v) is 9.31. The minimum atomic E-state index is -0.425. The van der Waals surface area contributed by atoms with Crippen LogP contribution in [0.3, 0.4) is 0 Å². The summed E-state index contributed by atoms with van der Waals surface area (Å²) < 4.78 is 11.2. The lowest BCUT2D eigenvalue weighted by atomic mass is 10.1. The maximum Gasteiger partial charge on any atom is 0.414 e. The first-order valence-electron chi connectivity index (χ1n) is 13.3. The van der Waals surface area contributed by atoms with Gasteiger partial charge in [-0.2, -0.15) is 0 Å². The van der Waals surface area contributed by atoms with Gasteiger partial charge in [0.1, 0.15) is 18.9 Å². The Morgan fingerprint density at radius 3 is 2.51 bits per heavy atom. The Morgan fingerprint density at radius 1 is 1.05 bits per heavy atom. The van der Waals surface area contributed by atoms with Crippen molar-refractivity contribution >= 4 is 35.0 Å². The first-order valence-corrected chi connectivity index (χ1v) is 13.3. The molecular formula is C28H33N7O4. The van der Waals surface area contributed by atoms with Crippen LogP contribution < -0.4 is 19.9 Å². The number of benzene rings is 1. The number of carbonyl (C=O) groups is 2. The summed E-state index contributed by atoms with van der Waals surface area (Å²) in [4.78, 5) is 43.6. The molecule has 0 bridgehead atoms. The molecule has 1 saturated heterocycles. The monoisotopic (exact) mass is 531 g/mol. The zero-order valence-corrected chi connectivity index (χ0v) is 22.3. The van der Waals surface area contributed by atoms with E-state index >= 15 is 0 Å². The number of hydrogen-bond acceptors (Lipinski definition) is 9. The molecule has 2 aliphatic heterocycles. The summed E-state index contributed by atoms with van der Waals surface area (Å²) in [5.74, 6) is 0.938. The van der Waals surface area contributed by atoms with E-state index in [9.17, 15) is 9.59 Å². The molecule has 0 atom stereocenters. The number of amides is 2. The fraction of sp³-hybridized carbons (Fsp3) is 0.393. The van der Waals surface area contributed by atoms with Crippen LogP contribution in [0.1, 0.15) is 26.7 Å². The molecule has 3 aromatic rings. The first kappa shape index (κ1) is 26.4. The highest BCUT2D eigenvalue weighted by Crippen LogP contribution is 2.33. The third-order valence-electron chi connectivity index (χ3n) is 6.92. The number of anilines is 4. The van der Waals surface area contributed by atoms with E-state index in [-0.39, 0.29) is 5.91 Å². The van der Waals surface area contributed by atoms with Gasteiger partial charge in [-0.25, -0.2) is 19.7 Å². The fourth-order valence-corrected chi connectivity index (χ4v) is 4.66. The number of fused-ring (bicyclic) bond motifs is 1. The van der Waals surface area contributed by atoms with Crippen molar-refractivity contribution < 1.29 is 19.1 Å². The minimum Gasteiger partial charge on any atom is -0.474 e. The number of hydrogen-bond donors (Lipinski definition) is 1. The normalized spacial score (nSPS) is 14.8. The molecule has 0 radical (unpaired) electrons. The van der Waals surface area contributed by atoms with Gasteiger partial charge in [0.15, 0.2) is 0 Å². The molecule has 0 unspecified atom stereocenters. The number of nitrogens with one attached hydrogen (secondary N) is 1. The smallest absolute Gasteiger partial charge is 0.414 e. The van der Waals surface area contributed by atoms with Crippen molar-refractivity contribution in [3.8, 4) is 17.0 Å². The van der Waals surface area contributed by atoms with Crippen LogP contribution in [0.4, 0.5) is 27.8 Å². The van der Waals surface area contributed by atoms with E-state index in [4.69, 9.17) is 9.47 Å². The average Bonchev–Trinajstić information content (AvgIpc) is 3.41. The van der Waals surface area contributed by atoms with Crippen LogP contribution in [0.25, 0.3) is 11.1 Å². The van der Waals surface area contributed by atoms with Crippen LogP contribution in [0.2, 0.25) is 0 Å². The van der Waals surface area contributed by atoms with E-state index in [0.29, 0.717) is 55.9 Å². The van der Waals surface area contributed by atoms with Crippen molar-refractivity contribution in [1.82, 2.24) is 19.9 Å². The number of nitrogens with zero attached hydrogens (tertiary/aromatic N) is 6. The Morgan fingerprint density at radius 2 is 1.82 bits per heavy atom. The van der Waals surface area contributed by atoms with Crippen molar-refractivity contribution in [1.29, 1.82) is 0 Å². The number of carbonyl (C=O) groups excluding carboxylic acids is 2. The first-order chi connectivity index (χ1) is 19.1. The molecule has 204 valence electrons. The van der Waals surface area contributed by atoms with Gasteiger partial charge in [0.05, 0.1) is 18.4 Å². The van der Waals surface area contributed by atoms with Gasteiger partial charge in [-0.3, -0.25) is 9.69 Å². The molecule has 2 aromatic heterocycles. The molecule has 0 saturated carbocycles. The van der Waals surface area contributed by atoms with E-state index in [2.05, 4.69) is 39.0 Å². The van der Waals surface area contributed by atoms with Crippen molar-refractivity contribution in [2.24, 2.45) is 0 Å². The number of rotatable bonds is 9. The summed E-state index contributed by atoms with van der Waals surface area (Å²) in [5.41, 5.74) is 3.88. The Labute approximate surface area is 227 Å². The van der Waals surface area contributed by atoms with Gasteiger partial charge in [0.2, 0.25) is 17.7 Å². The molecule has 1 fully saturated rings. The molecule has 1 N–H and O–H groups in total. The van der Waals surface area contributed by atoms with Gasteiger partial charge in [0.25, 0.3) is 0 Å². The number of pyridine rings is 1. The second-order valence-electron chi connectivity index (χ2n) is 9.31. The van der Waals surface area contributed by atoms with Crippen LogP contribution >= 0.6 is 0 Å². The van der Waals surface area contributed by atoms with Gasteiger partial charge >= 0.3 is 6.09 Å². The van der Waals surface area contributed by atoms with Crippen LogP contribution in [0.15, 0.2) is 48.9 Å². The van der Waals surface area contributed by atoms with E-state index < -0.39 is 6.09 Å². The largest absolute Gasteiger partial charge is 0.474 e. The Kier molecular flexibility index (Phi) is 8.16. The lowest BCUT2D eigenvalue weighted by Crippen LogP contribution is -2.39. The minimum absolute atomic E-state index is 0.167. The Balaban J connectivity index is 1.23. The summed E-state index contributed by atoms with van der Waals surface area (Å²) in [6, 6.07) is 9.62. The highest BCUT2D eigenvalue weighted by Gasteiger charge is 2.27. The standard InChI is InChI=1S/C28H33N7O4/c1-3-33(4-2)12-14-39-28(37)35-13-15-38-26-24(35)16-22(19-29-26)32-27-30-17-21(18-31-27)20-7-9-23(10-8-20)34-11-5-6-25(34)36/h7-10,16-19H,3-6,11-15H2,1-2H3,(H,30,31,32). The average molecular weight is 532 g/mol. The molecule has 39 heavy (non-hydrogen) atoms. The van der Waals surface area contributed by atoms with Crippen LogP contribution in [0.5, 0.6) is 5.88 Å². The highest BCUT2D eigenvalue weighted by molar-refractivity contribution is 5.95. The second kappa shape index (κ2) is 12.1. The molecule has 11 heteroatoms. The van der Waals surface area contributed by atoms with E-state index in [1.807, 2.05) is 29.2 Å². The quantitative estimate of drug-likeness (QED) is 0.436. The third kappa shape index (κ3) is 6.09. The molecular weight excluding hydrogens is 498 g/mol.